The van der Waals surface area contributed by atoms with Crippen LogP contribution in [0.3, 0.4) is 0 Å². The van der Waals surface area contributed by atoms with Gasteiger partial charge in [-0.25, -0.2) is 18.2 Å². The van der Waals surface area contributed by atoms with E-state index >= 15 is 0 Å². The summed E-state index contributed by atoms with van der Waals surface area (Å²) < 4.78 is 35.8. The predicted molar refractivity (Wildman–Crippen MR) is 82.2 cm³/mol. The minimum Gasteiger partial charge on any atom is -0.458 e. The molecule has 1 fully saturated rings. The molecule has 1 aliphatic heterocycles. The van der Waals surface area contributed by atoms with E-state index in [2.05, 4.69) is 4.98 Å². The van der Waals surface area contributed by atoms with Crippen LogP contribution in [0, 0.1) is 0 Å². The average Bonchev–Trinajstić information content (AvgIpc) is 2.93. The number of fused-ring (bicyclic) bond motifs is 1. The van der Waals surface area contributed by atoms with Crippen molar-refractivity contribution in [3.63, 3.8) is 0 Å². The second-order valence-corrected chi connectivity index (χ2v) is 7.47. The molecule has 8 heteroatoms. The number of esters is 1. The SMILES string of the molecule is CS(=O)(=O)c1nc(C(=O)OCC2CCCCO2)c2ccccn12. The standard InChI is InChI=1S/C15H18N2O5S/c1-23(19,20)15-16-13(12-7-2-4-8-17(12)15)14(18)22-10-11-6-3-5-9-21-11/h2,4,7-8,11H,3,5-6,9-10H2,1H3. The lowest BCUT2D eigenvalue weighted by Crippen LogP contribution is -2.26. The highest BCUT2D eigenvalue weighted by Gasteiger charge is 2.24. The first-order valence-electron chi connectivity index (χ1n) is 7.42. The van der Waals surface area contributed by atoms with Gasteiger partial charge in [-0.1, -0.05) is 6.07 Å². The Morgan fingerprint density at radius 2 is 2.26 bits per heavy atom. The number of carbonyl (C=O) groups is 1. The normalized spacial score (nSPS) is 18.9. The molecule has 2 aromatic heterocycles. The lowest BCUT2D eigenvalue weighted by Gasteiger charge is -2.21. The number of carbonyl (C=O) groups excluding carboxylic acids is 1. The Balaban J connectivity index is 1.85. The highest BCUT2D eigenvalue weighted by Crippen LogP contribution is 2.19. The van der Waals surface area contributed by atoms with Gasteiger partial charge in [-0.2, -0.15) is 0 Å². The molecule has 1 unspecified atom stereocenters. The van der Waals surface area contributed by atoms with Crippen LogP contribution < -0.4 is 0 Å². The monoisotopic (exact) mass is 338 g/mol. The van der Waals surface area contributed by atoms with Gasteiger partial charge in [0.2, 0.25) is 15.0 Å². The number of sulfone groups is 1. The largest absolute Gasteiger partial charge is 0.458 e. The summed E-state index contributed by atoms with van der Waals surface area (Å²) in [5.74, 6) is -0.641. The molecule has 1 aliphatic rings. The van der Waals surface area contributed by atoms with Gasteiger partial charge in [0.05, 0.1) is 11.6 Å². The second kappa shape index (κ2) is 6.29. The molecule has 0 aromatic carbocycles. The van der Waals surface area contributed by atoms with Gasteiger partial charge in [-0.3, -0.25) is 4.40 Å². The minimum absolute atomic E-state index is 0.00170. The Kier molecular flexibility index (Phi) is 4.36. The molecule has 0 saturated carbocycles. The lowest BCUT2D eigenvalue weighted by molar-refractivity contribution is -0.0301. The number of ether oxygens (including phenoxy) is 2. The predicted octanol–water partition coefficient (Wildman–Crippen LogP) is 1.46. The van der Waals surface area contributed by atoms with Gasteiger partial charge in [-0.15, -0.1) is 0 Å². The first kappa shape index (κ1) is 15.9. The van der Waals surface area contributed by atoms with E-state index < -0.39 is 15.8 Å². The van der Waals surface area contributed by atoms with Crippen molar-refractivity contribution in [3.05, 3.63) is 30.1 Å². The van der Waals surface area contributed by atoms with Crippen molar-refractivity contribution in [3.8, 4) is 0 Å². The Hall–Kier alpha value is -1.93. The average molecular weight is 338 g/mol. The van der Waals surface area contributed by atoms with Crippen LogP contribution in [0.4, 0.5) is 0 Å². The summed E-state index contributed by atoms with van der Waals surface area (Å²) in [5, 5.41) is -0.172. The van der Waals surface area contributed by atoms with Gasteiger partial charge < -0.3 is 9.47 Å². The van der Waals surface area contributed by atoms with E-state index in [1.54, 1.807) is 24.4 Å². The molecule has 0 radical (unpaired) electrons. The van der Waals surface area contributed by atoms with Crippen LogP contribution in [0.5, 0.6) is 0 Å². The number of pyridine rings is 1. The van der Waals surface area contributed by atoms with E-state index in [1.807, 2.05) is 0 Å². The molecule has 2 aromatic rings. The van der Waals surface area contributed by atoms with Crippen molar-refractivity contribution < 1.29 is 22.7 Å². The summed E-state index contributed by atoms with van der Waals surface area (Å²) in [4.78, 5) is 16.3. The third-order valence-electron chi connectivity index (χ3n) is 3.72. The Labute approximate surface area is 134 Å². The molecule has 0 bridgehead atoms. The number of imidazole rings is 1. The lowest BCUT2D eigenvalue weighted by atomic mass is 10.1. The van der Waals surface area contributed by atoms with Crippen LogP contribution in [-0.4, -0.2) is 49.3 Å². The van der Waals surface area contributed by atoms with E-state index in [9.17, 15) is 13.2 Å². The summed E-state index contributed by atoms with van der Waals surface area (Å²) in [7, 11) is -3.56. The van der Waals surface area contributed by atoms with Crippen LogP contribution in [-0.2, 0) is 19.3 Å². The third-order valence-corrected chi connectivity index (χ3v) is 4.67. The molecule has 23 heavy (non-hydrogen) atoms. The summed E-state index contributed by atoms with van der Waals surface area (Å²) in [6.45, 7) is 0.826. The van der Waals surface area contributed by atoms with Crippen LogP contribution in [0.15, 0.2) is 29.6 Å². The van der Waals surface area contributed by atoms with Crippen LogP contribution in [0.25, 0.3) is 5.52 Å². The topological polar surface area (TPSA) is 87.0 Å². The van der Waals surface area contributed by atoms with Crippen molar-refractivity contribution in [2.45, 2.75) is 30.5 Å². The fraction of sp³-hybridized carbons (Fsp3) is 0.467. The van der Waals surface area contributed by atoms with Gasteiger partial charge in [0, 0.05) is 19.1 Å². The molecule has 3 heterocycles. The van der Waals surface area contributed by atoms with E-state index in [1.165, 1.54) is 4.40 Å². The molecule has 0 N–H and O–H groups in total. The summed E-state index contributed by atoms with van der Waals surface area (Å²) in [5.41, 5.74) is 0.407. The van der Waals surface area contributed by atoms with E-state index in [-0.39, 0.29) is 23.6 Å². The van der Waals surface area contributed by atoms with E-state index in [0.717, 1.165) is 25.5 Å². The maximum absolute atomic E-state index is 12.3. The fourth-order valence-electron chi connectivity index (χ4n) is 2.60. The first-order chi connectivity index (χ1) is 11.0. The molecule has 7 nitrogen and oxygen atoms in total. The van der Waals surface area contributed by atoms with Gasteiger partial charge in [0.1, 0.15) is 6.61 Å². The smallest absolute Gasteiger partial charge is 0.359 e. The van der Waals surface area contributed by atoms with Crippen molar-refractivity contribution in [2.24, 2.45) is 0 Å². The quantitative estimate of drug-likeness (QED) is 0.785. The maximum atomic E-state index is 12.3. The number of hydrogen-bond donors (Lipinski definition) is 0. The van der Waals surface area contributed by atoms with Crippen molar-refractivity contribution >= 4 is 21.3 Å². The number of rotatable bonds is 4. The highest BCUT2D eigenvalue weighted by molar-refractivity contribution is 7.90. The molecular formula is C15H18N2O5S. The zero-order chi connectivity index (χ0) is 16.4. The molecule has 124 valence electrons. The molecule has 3 rings (SSSR count). The second-order valence-electron chi connectivity index (χ2n) is 5.56. The molecule has 0 aliphatic carbocycles. The van der Waals surface area contributed by atoms with Crippen LogP contribution in [0.2, 0.25) is 0 Å². The Bertz CT molecular complexity index is 822. The summed E-state index contributed by atoms with van der Waals surface area (Å²) in [6, 6.07) is 5.02. The van der Waals surface area contributed by atoms with Crippen LogP contribution in [0.1, 0.15) is 29.8 Å². The first-order valence-corrected chi connectivity index (χ1v) is 9.32. The van der Waals surface area contributed by atoms with Crippen LogP contribution >= 0.6 is 0 Å². The summed E-state index contributed by atoms with van der Waals surface area (Å²) in [6.07, 6.45) is 5.43. The molecule has 0 spiro atoms. The molecule has 1 saturated heterocycles. The Morgan fingerprint density at radius 3 is 2.96 bits per heavy atom. The van der Waals surface area contributed by atoms with Gasteiger partial charge >= 0.3 is 5.97 Å². The Morgan fingerprint density at radius 1 is 1.43 bits per heavy atom. The number of nitrogens with zero attached hydrogens (tertiary/aromatic N) is 2. The maximum Gasteiger partial charge on any atom is 0.359 e. The van der Waals surface area contributed by atoms with E-state index in [4.69, 9.17) is 9.47 Å². The number of hydrogen-bond acceptors (Lipinski definition) is 6. The van der Waals surface area contributed by atoms with Crippen molar-refractivity contribution in [1.29, 1.82) is 0 Å². The van der Waals surface area contributed by atoms with Gasteiger partial charge in [-0.05, 0) is 31.4 Å². The number of aromatic nitrogens is 2. The van der Waals surface area contributed by atoms with Crippen molar-refractivity contribution in [1.82, 2.24) is 9.38 Å². The zero-order valence-electron chi connectivity index (χ0n) is 12.8. The highest BCUT2D eigenvalue weighted by atomic mass is 32.2. The van der Waals surface area contributed by atoms with Gasteiger partial charge in [0.15, 0.2) is 5.69 Å². The molecule has 1 atom stereocenters. The third kappa shape index (κ3) is 3.37. The van der Waals surface area contributed by atoms with Gasteiger partial charge in [0.25, 0.3) is 0 Å². The fourth-order valence-corrected chi connectivity index (χ4v) is 3.37. The molecular weight excluding hydrogens is 320 g/mol. The molecule has 0 amide bonds. The summed E-state index contributed by atoms with van der Waals surface area (Å²) >= 11 is 0. The minimum atomic E-state index is -3.56. The van der Waals surface area contributed by atoms with Crippen molar-refractivity contribution in [2.75, 3.05) is 19.5 Å². The van der Waals surface area contributed by atoms with E-state index in [0.29, 0.717) is 12.1 Å². The zero-order valence-corrected chi connectivity index (χ0v) is 13.6.